The van der Waals surface area contributed by atoms with Gasteiger partial charge in [-0.25, -0.2) is 4.98 Å². The first kappa shape index (κ1) is 10.1. The van der Waals surface area contributed by atoms with Crippen LogP contribution in [-0.2, 0) is 13.0 Å². The zero-order chi connectivity index (χ0) is 11.1. The van der Waals surface area contributed by atoms with Crippen LogP contribution in [0.15, 0.2) is 18.3 Å². The number of nitrogens with zero attached hydrogens (tertiary/aromatic N) is 2. The van der Waals surface area contributed by atoms with Crippen LogP contribution in [0, 0.1) is 12.8 Å². The molecule has 0 radical (unpaired) electrons. The van der Waals surface area contributed by atoms with Gasteiger partial charge in [0.2, 0.25) is 0 Å². The molecule has 1 aliphatic rings. The van der Waals surface area contributed by atoms with E-state index in [4.69, 9.17) is 0 Å². The summed E-state index contributed by atoms with van der Waals surface area (Å²) in [7, 11) is 0. The number of rotatable bonds is 1. The van der Waals surface area contributed by atoms with Crippen molar-refractivity contribution in [1.29, 1.82) is 0 Å². The SMILES string of the molecule is Cc1ccc(-c2ncc3n2CC(C)CC3)s1. The molecule has 0 saturated heterocycles. The molecule has 0 aromatic carbocycles. The molecular weight excluding hydrogens is 216 g/mol. The number of hydrogen-bond donors (Lipinski definition) is 0. The van der Waals surface area contributed by atoms with Gasteiger partial charge >= 0.3 is 0 Å². The predicted octanol–water partition coefficient (Wildman–Crippen LogP) is 3.50. The number of thiophene rings is 1. The van der Waals surface area contributed by atoms with Gasteiger partial charge in [-0.2, -0.15) is 0 Å². The minimum atomic E-state index is 0.779. The van der Waals surface area contributed by atoms with Crippen molar-refractivity contribution in [1.82, 2.24) is 9.55 Å². The van der Waals surface area contributed by atoms with Crippen molar-refractivity contribution in [3.63, 3.8) is 0 Å². The highest BCUT2D eigenvalue weighted by atomic mass is 32.1. The van der Waals surface area contributed by atoms with Crippen molar-refractivity contribution in [2.45, 2.75) is 33.2 Å². The molecule has 0 N–H and O–H groups in total. The number of aryl methyl sites for hydroxylation is 2. The van der Waals surface area contributed by atoms with Crippen molar-refractivity contribution in [2.75, 3.05) is 0 Å². The highest BCUT2D eigenvalue weighted by Gasteiger charge is 2.19. The summed E-state index contributed by atoms with van der Waals surface area (Å²) < 4.78 is 2.40. The minimum Gasteiger partial charge on any atom is -0.327 e. The normalized spacial score (nSPS) is 19.8. The third-order valence-electron chi connectivity index (χ3n) is 3.29. The summed E-state index contributed by atoms with van der Waals surface area (Å²) in [5.74, 6) is 1.95. The molecule has 0 aliphatic carbocycles. The third kappa shape index (κ3) is 1.59. The lowest BCUT2D eigenvalue weighted by Gasteiger charge is -2.21. The second-order valence-electron chi connectivity index (χ2n) is 4.74. The zero-order valence-corrected chi connectivity index (χ0v) is 10.5. The summed E-state index contributed by atoms with van der Waals surface area (Å²) >= 11 is 1.84. The molecule has 84 valence electrons. The standard InChI is InChI=1S/C13H16N2S/c1-9-3-5-11-7-14-13(15(11)8-9)12-6-4-10(2)16-12/h4,6-7,9H,3,5,8H2,1-2H3. The molecule has 1 atom stereocenters. The number of hydrogen-bond acceptors (Lipinski definition) is 2. The number of imidazole rings is 1. The van der Waals surface area contributed by atoms with Gasteiger partial charge in [-0.3, -0.25) is 0 Å². The molecule has 3 heteroatoms. The largest absolute Gasteiger partial charge is 0.327 e. The van der Waals surface area contributed by atoms with Crippen molar-refractivity contribution in [3.8, 4) is 10.7 Å². The van der Waals surface area contributed by atoms with E-state index in [9.17, 15) is 0 Å². The van der Waals surface area contributed by atoms with E-state index in [1.807, 2.05) is 11.3 Å². The summed E-state index contributed by atoms with van der Waals surface area (Å²) in [6, 6.07) is 4.36. The molecular formula is C13H16N2S. The number of aromatic nitrogens is 2. The Hall–Kier alpha value is -1.09. The summed E-state index contributed by atoms with van der Waals surface area (Å²) in [5, 5.41) is 0. The predicted molar refractivity (Wildman–Crippen MR) is 67.8 cm³/mol. The Bertz CT molecular complexity index is 510. The molecule has 3 heterocycles. The molecule has 2 aromatic rings. The topological polar surface area (TPSA) is 17.8 Å². The van der Waals surface area contributed by atoms with E-state index in [1.54, 1.807) is 0 Å². The van der Waals surface area contributed by atoms with Gasteiger partial charge < -0.3 is 4.57 Å². The van der Waals surface area contributed by atoms with Gasteiger partial charge in [0.25, 0.3) is 0 Å². The summed E-state index contributed by atoms with van der Waals surface area (Å²) in [4.78, 5) is 7.25. The molecule has 3 rings (SSSR count). The van der Waals surface area contributed by atoms with E-state index in [1.165, 1.54) is 34.1 Å². The zero-order valence-electron chi connectivity index (χ0n) is 9.73. The average Bonchev–Trinajstić information content (AvgIpc) is 2.83. The maximum atomic E-state index is 4.59. The van der Waals surface area contributed by atoms with Crippen LogP contribution in [0.5, 0.6) is 0 Å². The highest BCUT2D eigenvalue weighted by molar-refractivity contribution is 7.15. The van der Waals surface area contributed by atoms with Gasteiger partial charge in [-0.15, -0.1) is 11.3 Å². The van der Waals surface area contributed by atoms with Gasteiger partial charge in [-0.1, -0.05) is 6.92 Å². The molecule has 1 unspecified atom stereocenters. The first-order valence-corrected chi connectivity index (χ1v) is 6.67. The van der Waals surface area contributed by atoms with Crippen LogP contribution in [0.25, 0.3) is 10.7 Å². The molecule has 0 spiro atoms. The van der Waals surface area contributed by atoms with Crippen LogP contribution in [0.3, 0.4) is 0 Å². The Morgan fingerprint density at radius 1 is 1.44 bits per heavy atom. The Labute approximate surface area is 100.0 Å². The average molecular weight is 232 g/mol. The van der Waals surface area contributed by atoms with Crippen LogP contribution in [0.4, 0.5) is 0 Å². The van der Waals surface area contributed by atoms with Crippen molar-refractivity contribution in [2.24, 2.45) is 5.92 Å². The Kier molecular flexibility index (Phi) is 2.36. The first-order chi connectivity index (χ1) is 7.74. The van der Waals surface area contributed by atoms with E-state index in [0.29, 0.717) is 0 Å². The fraction of sp³-hybridized carbons (Fsp3) is 0.462. The lowest BCUT2D eigenvalue weighted by molar-refractivity contribution is 0.402. The van der Waals surface area contributed by atoms with Crippen molar-refractivity contribution in [3.05, 3.63) is 28.9 Å². The highest BCUT2D eigenvalue weighted by Crippen LogP contribution is 2.30. The lowest BCUT2D eigenvalue weighted by Crippen LogP contribution is -2.17. The van der Waals surface area contributed by atoms with Gasteiger partial charge in [0.05, 0.1) is 4.88 Å². The van der Waals surface area contributed by atoms with Crippen LogP contribution in [0.1, 0.15) is 23.9 Å². The van der Waals surface area contributed by atoms with Crippen molar-refractivity contribution >= 4 is 11.3 Å². The summed E-state index contributed by atoms with van der Waals surface area (Å²) in [6.45, 7) is 5.60. The smallest absolute Gasteiger partial charge is 0.150 e. The molecule has 2 aromatic heterocycles. The van der Waals surface area contributed by atoms with E-state index in [0.717, 1.165) is 12.5 Å². The van der Waals surface area contributed by atoms with Crippen LogP contribution in [0.2, 0.25) is 0 Å². The molecule has 0 amide bonds. The van der Waals surface area contributed by atoms with E-state index < -0.39 is 0 Å². The molecule has 0 fully saturated rings. The summed E-state index contributed by atoms with van der Waals surface area (Å²) in [6.07, 6.45) is 4.53. The van der Waals surface area contributed by atoms with Gasteiger partial charge in [-0.05, 0) is 37.8 Å². The fourth-order valence-corrected chi connectivity index (χ4v) is 3.24. The van der Waals surface area contributed by atoms with Crippen LogP contribution >= 0.6 is 11.3 Å². The van der Waals surface area contributed by atoms with Gasteiger partial charge in [0.15, 0.2) is 0 Å². The quantitative estimate of drug-likeness (QED) is 0.735. The third-order valence-corrected chi connectivity index (χ3v) is 4.28. The van der Waals surface area contributed by atoms with Crippen LogP contribution in [-0.4, -0.2) is 9.55 Å². The first-order valence-electron chi connectivity index (χ1n) is 5.85. The maximum absolute atomic E-state index is 4.59. The lowest BCUT2D eigenvalue weighted by atomic mass is 10.0. The molecule has 16 heavy (non-hydrogen) atoms. The summed E-state index contributed by atoms with van der Waals surface area (Å²) in [5.41, 5.74) is 1.40. The maximum Gasteiger partial charge on any atom is 0.150 e. The van der Waals surface area contributed by atoms with Gasteiger partial charge in [0, 0.05) is 23.3 Å². The van der Waals surface area contributed by atoms with E-state index in [2.05, 4.69) is 41.7 Å². The van der Waals surface area contributed by atoms with E-state index in [-0.39, 0.29) is 0 Å². The monoisotopic (exact) mass is 232 g/mol. The Morgan fingerprint density at radius 2 is 2.31 bits per heavy atom. The Balaban J connectivity index is 2.06. The molecule has 2 nitrogen and oxygen atoms in total. The molecule has 1 aliphatic heterocycles. The number of fused-ring (bicyclic) bond motifs is 1. The minimum absolute atomic E-state index is 0.779. The fourth-order valence-electron chi connectivity index (χ4n) is 2.36. The second-order valence-corrected chi connectivity index (χ2v) is 6.03. The molecule has 0 saturated carbocycles. The molecule has 0 bridgehead atoms. The van der Waals surface area contributed by atoms with Gasteiger partial charge in [0.1, 0.15) is 5.82 Å². The van der Waals surface area contributed by atoms with E-state index >= 15 is 0 Å². The van der Waals surface area contributed by atoms with Crippen LogP contribution < -0.4 is 0 Å². The van der Waals surface area contributed by atoms with Crippen molar-refractivity contribution < 1.29 is 0 Å². The second kappa shape index (κ2) is 3.74. The Morgan fingerprint density at radius 3 is 3.06 bits per heavy atom.